The molecule has 3 aromatic rings. The van der Waals surface area contributed by atoms with Crippen LogP contribution in [0, 0.1) is 11.8 Å². The van der Waals surface area contributed by atoms with E-state index in [4.69, 9.17) is 9.47 Å². The smallest absolute Gasteiger partial charge is 0.338 e. The van der Waals surface area contributed by atoms with E-state index in [0.717, 1.165) is 4.90 Å². The van der Waals surface area contributed by atoms with Crippen LogP contribution >= 0.6 is 15.9 Å². The number of hydrogen-bond donors (Lipinski definition) is 0. The molecule has 38 heavy (non-hydrogen) atoms. The van der Waals surface area contributed by atoms with Gasteiger partial charge in [0.2, 0.25) is 29.0 Å². The molecule has 3 aromatic carbocycles. The SMILES string of the molecule is CCOC(=O)c1ccc(N2C(=O)[C@H]3[C@@H](C2=O)C2(O[C@H]3c3cccc(Br)c3)C(=O)c3ccccc3C2=O)cc1. The normalized spacial score (nSPS) is 23.2. The van der Waals surface area contributed by atoms with E-state index in [0.29, 0.717) is 10.0 Å². The third-order valence-electron chi connectivity index (χ3n) is 7.33. The molecular weight excluding hydrogens is 554 g/mol. The van der Waals surface area contributed by atoms with Crippen molar-refractivity contribution < 1.29 is 33.4 Å². The van der Waals surface area contributed by atoms with Gasteiger partial charge in [-0.3, -0.25) is 19.2 Å². The fourth-order valence-corrected chi connectivity index (χ4v) is 6.13. The Bertz CT molecular complexity index is 1510. The van der Waals surface area contributed by atoms with Crippen molar-refractivity contribution in [3.8, 4) is 0 Å². The lowest BCUT2D eigenvalue weighted by molar-refractivity contribution is -0.127. The van der Waals surface area contributed by atoms with Crippen molar-refractivity contribution in [1.82, 2.24) is 0 Å². The largest absolute Gasteiger partial charge is 0.462 e. The van der Waals surface area contributed by atoms with Crippen LogP contribution in [0.1, 0.15) is 49.7 Å². The van der Waals surface area contributed by atoms with E-state index in [9.17, 15) is 24.0 Å². The fraction of sp³-hybridized carbons (Fsp3) is 0.207. The van der Waals surface area contributed by atoms with Crippen LogP contribution in [0.15, 0.2) is 77.3 Å². The van der Waals surface area contributed by atoms with Gasteiger partial charge in [-0.1, -0.05) is 52.3 Å². The van der Waals surface area contributed by atoms with Gasteiger partial charge in [0.25, 0.3) is 0 Å². The predicted molar refractivity (Wildman–Crippen MR) is 138 cm³/mol. The highest BCUT2D eigenvalue weighted by molar-refractivity contribution is 9.10. The molecule has 2 aliphatic heterocycles. The van der Waals surface area contributed by atoms with Crippen molar-refractivity contribution >= 4 is 51.0 Å². The Balaban J connectivity index is 1.47. The van der Waals surface area contributed by atoms with Gasteiger partial charge in [-0.25, -0.2) is 9.69 Å². The van der Waals surface area contributed by atoms with Gasteiger partial charge < -0.3 is 9.47 Å². The first-order valence-corrected chi connectivity index (χ1v) is 12.9. The van der Waals surface area contributed by atoms with E-state index < -0.39 is 52.9 Å². The number of imide groups is 1. The van der Waals surface area contributed by atoms with Crippen molar-refractivity contribution in [3.63, 3.8) is 0 Å². The summed E-state index contributed by atoms with van der Waals surface area (Å²) in [6.45, 7) is 1.90. The maximum Gasteiger partial charge on any atom is 0.338 e. The number of ether oxygens (including phenoxy) is 2. The van der Waals surface area contributed by atoms with Crippen LogP contribution in [0.4, 0.5) is 5.69 Å². The molecule has 190 valence electrons. The molecule has 0 unspecified atom stereocenters. The van der Waals surface area contributed by atoms with E-state index in [1.54, 1.807) is 43.3 Å². The third kappa shape index (κ3) is 3.28. The van der Waals surface area contributed by atoms with E-state index >= 15 is 0 Å². The number of ketones is 2. The lowest BCUT2D eigenvalue weighted by Crippen LogP contribution is -2.51. The first-order chi connectivity index (χ1) is 18.3. The number of rotatable bonds is 4. The van der Waals surface area contributed by atoms with Crippen molar-refractivity contribution in [1.29, 1.82) is 0 Å². The van der Waals surface area contributed by atoms with Crippen LogP contribution in [0.5, 0.6) is 0 Å². The van der Waals surface area contributed by atoms with Crippen molar-refractivity contribution in [2.45, 2.75) is 18.6 Å². The molecule has 9 heteroatoms. The second kappa shape index (κ2) is 8.82. The molecule has 2 fully saturated rings. The lowest BCUT2D eigenvalue weighted by atomic mass is 9.77. The van der Waals surface area contributed by atoms with Gasteiger partial charge in [-0.2, -0.15) is 0 Å². The summed E-state index contributed by atoms with van der Waals surface area (Å²) in [5, 5.41) is 0. The third-order valence-corrected chi connectivity index (χ3v) is 7.83. The minimum atomic E-state index is -2.15. The summed E-state index contributed by atoms with van der Waals surface area (Å²) in [7, 11) is 0. The highest BCUT2D eigenvalue weighted by Gasteiger charge is 2.74. The van der Waals surface area contributed by atoms with Gasteiger partial charge in [-0.15, -0.1) is 0 Å². The molecule has 0 radical (unpaired) electrons. The van der Waals surface area contributed by atoms with Crippen molar-refractivity contribution in [3.05, 3.63) is 99.5 Å². The molecule has 8 nitrogen and oxygen atoms in total. The van der Waals surface area contributed by atoms with Crippen molar-refractivity contribution in [2.24, 2.45) is 11.8 Å². The second-order valence-corrected chi connectivity index (χ2v) is 10.2. The molecule has 3 aliphatic rings. The number of Topliss-reactive ketones (excluding diaryl/α,β-unsaturated/α-hetero) is 2. The summed E-state index contributed by atoms with van der Waals surface area (Å²) in [6.07, 6.45) is -1.01. The van der Waals surface area contributed by atoms with Gasteiger partial charge in [0.1, 0.15) is 0 Å². The molecule has 0 bridgehead atoms. The average molecular weight is 574 g/mol. The zero-order valence-electron chi connectivity index (χ0n) is 20.1. The molecule has 2 heterocycles. The number of amides is 2. The maximum absolute atomic E-state index is 14.0. The Morgan fingerprint density at radius 2 is 1.58 bits per heavy atom. The summed E-state index contributed by atoms with van der Waals surface area (Å²) in [4.78, 5) is 68.6. The van der Waals surface area contributed by atoms with Gasteiger partial charge >= 0.3 is 5.97 Å². The van der Waals surface area contributed by atoms with E-state index in [1.807, 2.05) is 0 Å². The molecule has 1 aliphatic carbocycles. The summed E-state index contributed by atoms with van der Waals surface area (Å²) >= 11 is 3.42. The predicted octanol–water partition coefficient (Wildman–Crippen LogP) is 4.32. The first-order valence-electron chi connectivity index (χ1n) is 12.1. The highest BCUT2D eigenvalue weighted by Crippen LogP contribution is 2.57. The Morgan fingerprint density at radius 3 is 2.18 bits per heavy atom. The Hall–Kier alpha value is -3.95. The van der Waals surface area contributed by atoms with Gasteiger partial charge in [0.15, 0.2) is 0 Å². The summed E-state index contributed by atoms with van der Waals surface area (Å²) in [5.41, 5.74) is -0.761. The Labute approximate surface area is 225 Å². The number of benzene rings is 3. The quantitative estimate of drug-likeness (QED) is 0.260. The van der Waals surface area contributed by atoms with Gasteiger partial charge in [0.05, 0.1) is 35.8 Å². The van der Waals surface area contributed by atoms with Crippen LogP contribution in [0.25, 0.3) is 0 Å². The molecule has 1 spiro atoms. The van der Waals surface area contributed by atoms with Crippen LogP contribution < -0.4 is 4.90 Å². The number of halogens is 1. The van der Waals surface area contributed by atoms with E-state index in [-0.39, 0.29) is 29.0 Å². The highest BCUT2D eigenvalue weighted by atomic mass is 79.9. The molecular formula is C29H20BrNO7. The second-order valence-electron chi connectivity index (χ2n) is 9.32. The average Bonchev–Trinajstić information content (AvgIpc) is 3.49. The number of carbonyl (C=O) groups is 5. The molecule has 2 amide bonds. The minimum absolute atomic E-state index is 0.170. The van der Waals surface area contributed by atoms with E-state index in [2.05, 4.69) is 15.9 Å². The number of carbonyl (C=O) groups excluding carboxylic acids is 5. The fourth-order valence-electron chi connectivity index (χ4n) is 5.72. The van der Waals surface area contributed by atoms with Crippen molar-refractivity contribution in [2.75, 3.05) is 11.5 Å². The molecule has 2 saturated heterocycles. The molecule has 0 saturated carbocycles. The number of nitrogens with zero attached hydrogens (tertiary/aromatic N) is 1. The van der Waals surface area contributed by atoms with Crippen LogP contribution in [0.2, 0.25) is 0 Å². The number of hydrogen-bond acceptors (Lipinski definition) is 7. The summed E-state index contributed by atoms with van der Waals surface area (Å²) < 4.78 is 12.0. The minimum Gasteiger partial charge on any atom is -0.462 e. The zero-order valence-corrected chi connectivity index (χ0v) is 21.6. The lowest BCUT2D eigenvalue weighted by Gasteiger charge is -2.27. The van der Waals surface area contributed by atoms with Crippen LogP contribution in [-0.2, 0) is 19.1 Å². The van der Waals surface area contributed by atoms with Gasteiger partial charge in [-0.05, 0) is 48.9 Å². The van der Waals surface area contributed by atoms with Crippen LogP contribution in [-0.4, -0.2) is 41.6 Å². The molecule has 0 aromatic heterocycles. The summed E-state index contributed by atoms with van der Waals surface area (Å²) in [6, 6.07) is 19.2. The maximum atomic E-state index is 14.0. The standard InChI is InChI=1S/C29H20BrNO7/c1-2-37-28(36)15-10-12-18(13-11-15)31-26(34)21-22(27(31)35)29(38-23(21)16-6-5-7-17(30)14-16)24(32)19-8-3-4-9-20(19)25(29)33/h3-14,21-23H,2H2,1H3/t21-,22-,23-/m0/s1. The topological polar surface area (TPSA) is 107 Å². The number of esters is 1. The number of anilines is 1. The molecule has 3 atom stereocenters. The van der Waals surface area contributed by atoms with Crippen LogP contribution in [0.3, 0.4) is 0 Å². The monoisotopic (exact) mass is 573 g/mol. The molecule has 0 N–H and O–H groups in total. The van der Waals surface area contributed by atoms with E-state index in [1.165, 1.54) is 36.4 Å². The molecule has 6 rings (SSSR count). The first kappa shape index (κ1) is 24.4. The zero-order chi connectivity index (χ0) is 26.8. The Kier molecular flexibility index (Phi) is 5.66. The van der Waals surface area contributed by atoms with Gasteiger partial charge in [0, 0.05) is 15.6 Å². The number of fused-ring (bicyclic) bond motifs is 3. The summed E-state index contributed by atoms with van der Waals surface area (Å²) in [5.74, 6) is -5.51. The Morgan fingerprint density at radius 1 is 0.921 bits per heavy atom.